The predicted octanol–water partition coefficient (Wildman–Crippen LogP) is 5.43. The second-order valence-corrected chi connectivity index (χ2v) is 15.8. The topological polar surface area (TPSA) is 82.6 Å². The molecule has 2 aromatic rings. The van der Waals surface area contributed by atoms with Gasteiger partial charge in [-0.05, 0) is 61.0 Å². The molecule has 9 heteroatoms. The molecule has 0 saturated heterocycles. The number of carbonyl (C=O) groups is 1. The molecule has 4 N–H and O–H groups in total. The van der Waals surface area contributed by atoms with Gasteiger partial charge in [0.15, 0.2) is 8.32 Å². The second-order valence-electron chi connectivity index (χ2n) is 9.31. The Morgan fingerprint density at radius 1 is 1.09 bits per heavy atom. The number of thiophene rings is 1. The lowest BCUT2D eigenvalue weighted by molar-refractivity contribution is 0.0926. The molecule has 1 amide bonds. The SMILES string of the molecule is CC(C)(C)[Si](C)(C)OCCCNc1ccc(NC[C@H](O)CNC(=O)c2ccc(Cl)s2)cc1. The van der Waals surface area contributed by atoms with Crippen molar-refractivity contribution < 1.29 is 14.3 Å². The highest BCUT2D eigenvalue weighted by atomic mass is 35.5. The second kappa shape index (κ2) is 12.0. The van der Waals surface area contributed by atoms with Crippen LogP contribution in [0.3, 0.4) is 0 Å². The molecule has 0 aliphatic rings. The van der Waals surface area contributed by atoms with Crippen molar-refractivity contribution in [3.8, 4) is 0 Å². The van der Waals surface area contributed by atoms with Gasteiger partial charge in [0, 0.05) is 37.6 Å². The number of benzene rings is 1. The smallest absolute Gasteiger partial charge is 0.261 e. The van der Waals surface area contributed by atoms with Gasteiger partial charge in [-0.15, -0.1) is 11.3 Å². The molecule has 2 rings (SSSR count). The lowest BCUT2D eigenvalue weighted by Gasteiger charge is -2.36. The Morgan fingerprint density at radius 2 is 1.72 bits per heavy atom. The van der Waals surface area contributed by atoms with Crippen LogP contribution in [0.1, 0.15) is 36.9 Å². The van der Waals surface area contributed by atoms with Crippen LogP contribution in [0.2, 0.25) is 22.5 Å². The summed E-state index contributed by atoms with van der Waals surface area (Å²) in [6.45, 7) is 13.4. The van der Waals surface area contributed by atoms with E-state index in [0.29, 0.717) is 15.8 Å². The molecule has 1 aromatic heterocycles. The van der Waals surface area contributed by atoms with Gasteiger partial charge in [0.05, 0.1) is 15.3 Å². The zero-order valence-corrected chi connectivity index (χ0v) is 22.2. The molecule has 0 aliphatic heterocycles. The Morgan fingerprint density at radius 3 is 2.28 bits per heavy atom. The minimum Gasteiger partial charge on any atom is -0.417 e. The summed E-state index contributed by atoms with van der Waals surface area (Å²) in [5.74, 6) is -0.230. The van der Waals surface area contributed by atoms with E-state index in [0.717, 1.165) is 30.9 Å². The number of anilines is 2. The van der Waals surface area contributed by atoms with Gasteiger partial charge in [-0.2, -0.15) is 0 Å². The van der Waals surface area contributed by atoms with Gasteiger partial charge in [-0.3, -0.25) is 4.79 Å². The summed E-state index contributed by atoms with van der Waals surface area (Å²) in [6, 6.07) is 11.3. The molecule has 0 saturated carbocycles. The van der Waals surface area contributed by atoms with Crippen LogP contribution in [0.15, 0.2) is 36.4 Å². The molecular formula is C23H36ClN3O3SSi. The van der Waals surface area contributed by atoms with E-state index in [4.69, 9.17) is 16.0 Å². The number of amides is 1. The van der Waals surface area contributed by atoms with Crippen molar-refractivity contribution in [2.45, 2.75) is 51.4 Å². The van der Waals surface area contributed by atoms with Gasteiger partial charge in [-0.25, -0.2) is 0 Å². The lowest BCUT2D eigenvalue weighted by atomic mass is 10.2. The molecule has 0 spiro atoms. The largest absolute Gasteiger partial charge is 0.417 e. The van der Waals surface area contributed by atoms with Crippen molar-refractivity contribution in [2.24, 2.45) is 0 Å². The van der Waals surface area contributed by atoms with E-state index in [1.165, 1.54) is 11.3 Å². The summed E-state index contributed by atoms with van der Waals surface area (Å²) in [5, 5.41) is 19.7. The van der Waals surface area contributed by atoms with Gasteiger partial charge in [-0.1, -0.05) is 32.4 Å². The first-order chi connectivity index (χ1) is 15.0. The minimum atomic E-state index is -1.67. The van der Waals surface area contributed by atoms with Gasteiger partial charge >= 0.3 is 0 Å². The summed E-state index contributed by atoms with van der Waals surface area (Å²) in [7, 11) is -1.67. The highest BCUT2D eigenvalue weighted by molar-refractivity contribution is 7.18. The fourth-order valence-corrected chi connectivity index (χ4v) is 4.64. The van der Waals surface area contributed by atoms with Crippen LogP contribution in [0.25, 0.3) is 0 Å². The Bertz CT molecular complexity index is 853. The third-order valence-electron chi connectivity index (χ3n) is 5.64. The van der Waals surface area contributed by atoms with Crippen molar-refractivity contribution >= 4 is 48.5 Å². The van der Waals surface area contributed by atoms with Crippen LogP contribution in [0.4, 0.5) is 11.4 Å². The van der Waals surface area contributed by atoms with Gasteiger partial charge < -0.3 is 25.5 Å². The average molecular weight is 498 g/mol. The molecule has 1 atom stereocenters. The molecule has 0 bridgehead atoms. The zero-order valence-electron chi connectivity index (χ0n) is 19.6. The first-order valence-electron chi connectivity index (χ1n) is 10.9. The minimum absolute atomic E-state index is 0.165. The van der Waals surface area contributed by atoms with E-state index >= 15 is 0 Å². The van der Waals surface area contributed by atoms with Gasteiger partial charge in [0.1, 0.15) is 0 Å². The van der Waals surface area contributed by atoms with Crippen molar-refractivity contribution in [3.63, 3.8) is 0 Å². The fraction of sp³-hybridized carbons (Fsp3) is 0.522. The van der Waals surface area contributed by atoms with Crippen molar-refractivity contribution in [1.82, 2.24) is 5.32 Å². The number of hydrogen-bond donors (Lipinski definition) is 4. The highest BCUT2D eigenvalue weighted by Gasteiger charge is 2.36. The Kier molecular flexibility index (Phi) is 10.0. The van der Waals surface area contributed by atoms with Crippen molar-refractivity contribution in [3.05, 3.63) is 45.6 Å². The molecule has 1 aromatic carbocycles. The van der Waals surface area contributed by atoms with Crippen LogP contribution < -0.4 is 16.0 Å². The summed E-state index contributed by atoms with van der Waals surface area (Å²) in [6.07, 6.45) is 0.260. The third kappa shape index (κ3) is 8.75. The summed E-state index contributed by atoms with van der Waals surface area (Å²) < 4.78 is 6.76. The molecule has 1 heterocycles. The summed E-state index contributed by atoms with van der Waals surface area (Å²) in [4.78, 5) is 12.5. The molecule has 0 unspecified atom stereocenters. The number of hydrogen-bond acceptors (Lipinski definition) is 6. The van der Waals surface area contributed by atoms with E-state index in [-0.39, 0.29) is 17.5 Å². The lowest BCUT2D eigenvalue weighted by Crippen LogP contribution is -2.41. The standard InChI is InChI=1S/C23H36ClN3O3SSi/c1-23(2,3)32(4,5)30-14-6-13-25-17-7-9-18(10-8-17)26-15-19(28)16-27-22(29)20-11-12-21(24)31-20/h7-12,19,25-26,28H,6,13-16H2,1-5H3,(H,27,29)/t19-/m0/s1. The molecule has 0 radical (unpaired) electrons. The normalized spacial score (nSPS) is 13.0. The van der Waals surface area contributed by atoms with Crippen LogP contribution in [-0.4, -0.2) is 51.7 Å². The first kappa shape index (κ1) is 26.7. The molecule has 178 valence electrons. The maximum Gasteiger partial charge on any atom is 0.261 e. The van der Waals surface area contributed by atoms with Crippen LogP contribution >= 0.6 is 22.9 Å². The third-order valence-corrected chi connectivity index (χ3v) is 11.4. The van der Waals surface area contributed by atoms with Crippen LogP contribution in [0, 0.1) is 0 Å². The van der Waals surface area contributed by atoms with E-state index in [1.54, 1.807) is 12.1 Å². The average Bonchev–Trinajstić information content (AvgIpc) is 3.16. The molecule has 0 fully saturated rings. The highest BCUT2D eigenvalue weighted by Crippen LogP contribution is 2.36. The van der Waals surface area contributed by atoms with Crippen molar-refractivity contribution in [2.75, 3.05) is 36.9 Å². The van der Waals surface area contributed by atoms with E-state index in [2.05, 4.69) is 49.8 Å². The summed E-state index contributed by atoms with van der Waals surface area (Å²) >= 11 is 7.05. The molecule has 0 aliphatic carbocycles. The maximum absolute atomic E-state index is 12.0. The van der Waals surface area contributed by atoms with Crippen LogP contribution in [0.5, 0.6) is 0 Å². The van der Waals surface area contributed by atoms with Gasteiger partial charge in [0.25, 0.3) is 5.91 Å². The summed E-state index contributed by atoms with van der Waals surface area (Å²) in [5.41, 5.74) is 1.96. The molecular weight excluding hydrogens is 462 g/mol. The quantitative estimate of drug-likeness (QED) is 0.232. The van der Waals surface area contributed by atoms with Crippen LogP contribution in [-0.2, 0) is 4.43 Å². The van der Waals surface area contributed by atoms with E-state index in [1.807, 2.05) is 24.3 Å². The molecule has 6 nitrogen and oxygen atoms in total. The number of aliphatic hydroxyl groups is 1. The maximum atomic E-state index is 12.0. The Hall–Kier alpha value is -1.58. The van der Waals surface area contributed by atoms with Crippen molar-refractivity contribution in [1.29, 1.82) is 0 Å². The number of nitrogens with one attached hydrogen (secondary N) is 3. The number of halogens is 1. The Labute approximate surface area is 201 Å². The van der Waals surface area contributed by atoms with Gasteiger partial charge in [0.2, 0.25) is 0 Å². The molecule has 32 heavy (non-hydrogen) atoms. The number of aliphatic hydroxyl groups excluding tert-OH is 1. The monoisotopic (exact) mass is 497 g/mol. The predicted molar refractivity (Wildman–Crippen MR) is 139 cm³/mol. The van der Waals surface area contributed by atoms with E-state index < -0.39 is 14.4 Å². The zero-order chi connectivity index (χ0) is 23.8. The fourth-order valence-electron chi connectivity index (χ4n) is 2.60. The van der Waals surface area contributed by atoms with E-state index in [9.17, 15) is 9.90 Å². The number of rotatable bonds is 12. The number of carbonyl (C=O) groups excluding carboxylic acids is 1. The Balaban J connectivity index is 1.63. The first-order valence-corrected chi connectivity index (χ1v) is 15.0.